The molecule has 6 nitrogen and oxygen atoms in total. The number of methoxy groups -OCH3 is 1. The molecule has 6 heteroatoms. The van der Waals surface area contributed by atoms with Gasteiger partial charge < -0.3 is 14.6 Å². The van der Waals surface area contributed by atoms with Crippen LogP contribution >= 0.6 is 0 Å². The summed E-state index contributed by atoms with van der Waals surface area (Å²) in [7, 11) is 1.66. The third kappa shape index (κ3) is 6.15. The molecule has 0 aliphatic heterocycles. The average Bonchev–Trinajstić information content (AvgIpc) is 3.59. The highest BCUT2D eigenvalue weighted by molar-refractivity contribution is 5.44. The van der Waals surface area contributed by atoms with Crippen LogP contribution in [-0.2, 0) is 6.54 Å². The highest BCUT2D eigenvalue weighted by atomic mass is 16.5. The van der Waals surface area contributed by atoms with Crippen LogP contribution in [-0.4, -0.2) is 46.1 Å². The first-order valence-electron chi connectivity index (χ1n) is 11.9. The number of rotatable bonds is 12. The molecular weight excluding hydrogens is 414 g/mol. The number of para-hydroxylation sites is 1. The minimum absolute atomic E-state index is 0.316. The van der Waals surface area contributed by atoms with Gasteiger partial charge in [0, 0.05) is 19.6 Å². The summed E-state index contributed by atoms with van der Waals surface area (Å²) in [5, 5.41) is 15.4. The Morgan fingerprint density at radius 3 is 2.42 bits per heavy atom. The largest absolute Gasteiger partial charge is 0.497 e. The molecule has 33 heavy (non-hydrogen) atoms. The fourth-order valence-corrected chi connectivity index (χ4v) is 4.14. The van der Waals surface area contributed by atoms with Gasteiger partial charge in [-0.25, -0.2) is 4.68 Å². The molecule has 176 valence electrons. The number of hydrogen-bond donors (Lipinski definition) is 1. The van der Waals surface area contributed by atoms with Gasteiger partial charge >= 0.3 is 0 Å². The highest BCUT2D eigenvalue weighted by Gasteiger charge is 2.28. The standard InChI is InChI=1S/C27H35N3O3/c1-4-8-23(31)18-29(17-21-11-12-21)19-26-20(2)28-30(22-9-6-5-7-10-22)27(26)33-25-15-13-24(32-3)14-16-25/h5-7,9-10,13-16,21,23,31H,4,8,11-12,17-19H2,1-3H3/t23-/m0/s1. The SMILES string of the molecule is CCC[C@H](O)CN(Cc1c(C)nn(-c2ccccc2)c1Oc1ccc(OC)cc1)CC1CC1. The summed E-state index contributed by atoms with van der Waals surface area (Å²) in [5.74, 6) is 2.97. The van der Waals surface area contributed by atoms with Gasteiger partial charge in [0.05, 0.1) is 30.2 Å². The van der Waals surface area contributed by atoms with Crippen molar-refractivity contribution < 1.29 is 14.6 Å². The molecule has 0 bridgehead atoms. The fourth-order valence-electron chi connectivity index (χ4n) is 4.14. The molecule has 0 amide bonds. The average molecular weight is 450 g/mol. The molecule has 0 spiro atoms. The van der Waals surface area contributed by atoms with E-state index in [1.165, 1.54) is 12.8 Å². The number of hydrogen-bond acceptors (Lipinski definition) is 5. The lowest BCUT2D eigenvalue weighted by molar-refractivity contribution is 0.0977. The van der Waals surface area contributed by atoms with Gasteiger partial charge in [0.15, 0.2) is 0 Å². The van der Waals surface area contributed by atoms with Crippen LogP contribution in [0.15, 0.2) is 54.6 Å². The maximum absolute atomic E-state index is 10.5. The van der Waals surface area contributed by atoms with Crippen LogP contribution in [0.1, 0.15) is 43.9 Å². The second-order valence-electron chi connectivity index (χ2n) is 8.97. The van der Waals surface area contributed by atoms with E-state index in [1.807, 2.05) is 66.2 Å². The number of aliphatic hydroxyl groups is 1. The van der Waals surface area contributed by atoms with Crippen molar-refractivity contribution in [1.82, 2.24) is 14.7 Å². The second kappa shape index (κ2) is 10.9. The number of aryl methyl sites for hydroxylation is 1. The zero-order valence-electron chi connectivity index (χ0n) is 19.9. The summed E-state index contributed by atoms with van der Waals surface area (Å²) in [6.45, 7) is 6.51. The van der Waals surface area contributed by atoms with Crippen LogP contribution in [0, 0.1) is 12.8 Å². The zero-order chi connectivity index (χ0) is 23.2. The van der Waals surface area contributed by atoms with Crippen molar-refractivity contribution in [2.45, 2.75) is 52.2 Å². The third-order valence-electron chi connectivity index (χ3n) is 6.10. The first-order valence-corrected chi connectivity index (χ1v) is 11.9. The lowest BCUT2D eigenvalue weighted by Gasteiger charge is -2.25. The molecule has 1 aliphatic rings. The van der Waals surface area contributed by atoms with E-state index in [9.17, 15) is 5.11 Å². The number of aliphatic hydroxyl groups excluding tert-OH is 1. The summed E-state index contributed by atoms with van der Waals surface area (Å²) in [4.78, 5) is 2.37. The third-order valence-corrected chi connectivity index (χ3v) is 6.10. The minimum Gasteiger partial charge on any atom is -0.497 e. The number of aromatic nitrogens is 2. The first-order chi connectivity index (χ1) is 16.1. The monoisotopic (exact) mass is 449 g/mol. The zero-order valence-corrected chi connectivity index (χ0v) is 19.9. The molecule has 1 aromatic heterocycles. The van der Waals surface area contributed by atoms with E-state index in [0.717, 1.165) is 59.6 Å². The molecule has 1 N–H and O–H groups in total. The summed E-state index contributed by atoms with van der Waals surface area (Å²) in [6, 6.07) is 17.7. The van der Waals surface area contributed by atoms with Crippen molar-refractivity contribution in [1.29, 1.82) is 0 Å². The lowest BCUT2D eigenvalue weighted by atomic mass is 10.1. The number of ether oxygens (including phenoxy) is 2. The van der Waals surface area contributed by atoms with E-state index in [-0.39, 0.29) is 6.10 Å². The number of nitrogens with zero attached hydrogens (tertiary/aromatic N) is 3. The van der Waals surface area contributed by atoms with Gasteiger partial charge in [-0.1, -0.05) is 31.5 Å². The second-order valence-corrected chi connectivity index (χ2v) is 8.97. The molecule has 1 atom stereocenters. The molecular formula is C27H35N3O3. The predicted octanol–water partition coefficient (Wildman–Crippen LogP) is 5.35. The summed E-state index contributed by atoms with van der Waals surface area (Å²) in [6.07, 6.45) is 4.04. The van der Waals surface area contributed by atoms with E-state index >= 15 is 0 Å². The summed E-state index contributed by atoms with van der Waals surface area (Å²) >= 11 is 0. The van der Waals surface area contributed by atoms with Crippen LogP contribution in [0.4, 0.5) is 0 Å². The molecule has 3 aromatic rings. The molecule has 2 aromatic carbocycles. The van der Waals surface area contributed by atoms with Crippen LogP contribution in [0.25, 0.3) is 5.69 Å². The van der Waals surface area contributed by atoms with Gasteiger partial charge in [-0.05, 0) is 68.5 Å². The molecule has 1 aliphatic carbocycles. The van der Waals surface area contributed by atoms with Crippen molar-refractivity contribution >= 4 is 0 Å². The van der Waals surface area contributed by atoms with E-state index in [4.69, 9.17) is 14.6 Å². The van der Waals surface area contributed by atoms with Crippen LogP contribution in [0.2, 0.25) is 0 Å². The quantitative estimate of drug-likeness (QED) is 0.404. The Hall–Kier alpha value is -2.83. The van der Waals surface area contributed by atoms with Crippen molar-refractivity contribution in [2.24, 2.45) is 5.92 Å². The van der Waals surface area contributed by atoms with Gasteiger partial charge in [0.1, 0.15) is 11.5 Å². The minimum atomic E-state index is -0.316. The first kappa shape index (κ1) is 23.3. The Morgan fingerprint density at radius 2 is 1.79 bits per heavy atom. The Labute approximate surface area is 196 Å². The Bertz CT molecular complexity index is 1010. The van der Waals surface area contributed by atoms with Crippen molar-refractivity contribution in [2.75, 3.05) is 20.2 Å². The number of benzene rings is 2. The Kier molecular flexibility index (Phi) is 7.68. The Balaban J connectivity index is 1.66. The lowest BCUT2D eigenvalue weighted by Crippen LogP contribution is -2.33. The van der Waals surface area contributed by atoms with Crippen molar-refractivity contribution in [3.05, 3.63) is 65.9 Å². The van der Waals surface area contributed by atoms with Crippen LogP contribution < -0.4 is 9.47 Å². The molecule has 0 unspecified atom stereocenters. The van der Waals surface area contributed by atoms with E-state index < -0.39 is 0 Å². The van der Waals surface area contributed by atoms with Gasteiger partial charge in [-0.15, -0.1) is 0 Å². The van der Waals surface area contributed by atoms with Gasteiger partial charge in [-0.2, -0.15) is 5.10 Å². The van der Waals surface area contributed by atoms with Gasteiger partial charge in [0.25, 0.3) is 0 Å². The smallest absolute Gasteiger partial charge is 0.227 e. The van der Waals surface area contributed by atoms with Crippen molar-refractivity contribution in [3.63, 3.8) is 0 Å². The van der Waals surface area contributed by atoms with Gasteiger partial charge in [0.2, 0.25) is 5.88 Å². The molecule has 1 heterocycles. The van der Waals surface area contributed by atoms with E-state index in [2.05, 4.69) is 11.8 Å². The molecule has 1 saturated carbocycles. The van der Waals surface area contributed by atoms with Crippen molar-refractivity contribution in [3.8, 4) is 23.1 Å². The Morgan fingerprint density at radius 1 is 1.09 bits per heavy atom. The summed E-state index contributed by atoms with van der Waals surface area (Å²) in [5.41, 5.74) is 2.95. The normalized spacial score (nSPS) is 14.5. The maximum atomic E-state index is 10.5. The van der Waals surface area contributed by atoms with E-state index in [1.54, 1.807) is 7.11 Å². The molecule has 0 saturated heterocycles. The topological polar surface area (TPSA) is 59.8 Å². The summed E-state index contributed by atoms with van der Waals surface area (Å²) < 4.78 is 13.6. The fraction of sp³-hybridized carbons (Fsp3) is 0.444. The maximum Gasteiger partial charge on any atom is 0.227 e. The predicted molar refractivity (Wildman–Crippen MR) is 130 cm³/mol. The molecule has 0 radical (unpaired) electrons. The van der Waals surface area contributed by atoms with E-state index in [0.29, 0.717) is 13.1 Å². The van der Waals surface area contributed by atoms with Crippen LogP contribution in [0.5, 0.6) is 17.4 Å². The highest BCUT2D eigenvalue weighted by Crippen LogP contribution is 2.34. The molecule has 1 fully saturated rings. The van der Waals surface area contributed by atoms with Gasteiger partial charge in [-0.3, -0.25) is 4.90 Å². The van der Waals surface area contributed by atoms with Crippen LogP contribution in [0.3, 0.4) is 0 Å². The molecule has 4 rings (SSSR count).